The maximum Gasteiger partial charge on any atom is 0.150 e. The highest BCUT2D eigenvalue weighted by Gasteiger charge is 2.05. The van der Waals surface area contributed by atoms with Crippen LogP contribution in [0.1, 0.15) is 30.5 Å². The second-order valence-electron chi connectivity index (χ2n) is 6.14. The van der Waals surface area contributed by atoms with Crippen LogP contribution in [0, 0.1) is 11.6 Å². The minimum Gasteiger partial charge on any atom is -0.505 e. The molecular formula is C19H22N4OS. The van der Waals surface area contributed by atoms with Gasteiger partial charge in [-0.1, -0.05) is 42.1 Å². The molecule has 0 aliphatic carbocycles. The summed E-state index contributed by atoms with van der Waals surface area (Å²) in [6, 6.07) is 11.6. The summed E-state index contributed by atoms with van der Waals surface area (Å²) in [7, 11) is 0. The van der Waals surface area contributed by atoms with Crippen molar-refractivity contribution in [2.45, 2.75) is 39.2 Å². The second-order valence-corrected chi connectivity index (χ2v) is 6.53. The third-order valence-electron chi connectivity index (χ3n) is 4.24. The average molecular weight is 354 g/mol. The number of benzene rings is 1. The van der Waals surface area contributed by atoms with Gasteiger partial charge in [-0.2, -0.15) is 0 Å². The zero-order chi connectivity index (χ0) is 17.6. The Kier molecular flexibility index (Phi) is 5.60. The molecular weight excluding hydrogens is 332 g/mol. The zero-order valence-electron chi connectivity index (χ0n) is 14.3. The van der Waals surface area contributed by atoms with E-state index in [1.165, 1.54) is 5.56 Å². The van der Waals surface area contributed by atoms with Crippen LogP contribution in [0.25, 0.3) is 5.69 Å². The van der Waals surface area contributed by atoms with E-state index in [4.69, 9.17) is 12.2 Å². The monoisotopic (exact) mass is 354 g/mol. The van der Waals surface area contributed by atoms with Gasteiger partial charge < -0.3 is 9.67 Å². The first-order chi connectivity index (χ1) is 12.1. The van der Waals surface area contributed by atoms with Gasteiger partial charge in [-0.3, -0.25) is 0 Å². The van der Waals surface area contributed by atoms with E-state index in [0.717, 1.165) is 43.6 Å². The highest BCUT2D eigenvalue weighted by Crippen LogP contribution is 2.14. The highest BCUT2D eigenvalue weighted by atomic mass is 32.1. The summed E-state index contributed by atoms with van der Waals surface area (Å²) in [5, 5.41) is 18.1. The molecule has 2 aromatic heterocycles. The maximum absolute atomic E-state index is 9.62. The van der Waals surface area contributed by atoms with Gasteiger partial charge in [-0.05, 0) is 49.9 Å². The largest absolute Gasteiger partial charge is 0.505 e. The van der Waals surface area contributed by atoms with Crippen molar-refractivity contribution < 1.29 is 5.11 Å². The molecule has 0 atom stereocenters. The summed E-state index contributed by atoms with van der Waals surface area (Å²) in [6.07, 6.45) is 7.98. The fourth-order valence-electron chi connectivity index (χ4n) is 2.82. The molecule has 0 aliphatic heterocycles. The Balaban J connectivity index is 1.48. The lowest BCUT2D eigenvalue weighted by atomic mass is 10.1. The minimum atomic E-state index is 0.172. The predicted octanol–water partition coefficient (Wildman–Crippen LogP) is 4.23. The topological polar surface area (TPSA) is 55.9 Å². The third-order valence-corrected chi connectivity index (χ3v) is 4.68. The van der Waals surface area contributed by atoms with Gasteiger partial charge in [0.2, 0.25) is 0 Å². The quantitative estimate of drug-likeness (QED) is 0.510. The van der Waals surface area contributed by atoms with Gasteiger partial charge in [-0.15, -0.1) is 5.10 Å². The Morgan fingerprint density at radius 1 is 1.08 bits per heavy atom. The second kappa shape index (κ2) is 8.07. The van der Waals surface area contributed by atoms with Crippen LogP contribution in [-0.2, 0) is 13.0 Å². The summed E-state index contributed by atoms with van der Waals surface area (Å²) >= 11 is 5.20. The van der Waals surface area contributed by atoms with Crippen molar-refractivity contribution in [2.24, 2.45) is 0 Å². The molecule has 5 nitrogen and oxygen atoms in total. The Hall–Kier alpha value is -2.47. The normalized spacial score (nSPS) is 10.9. The summed E-state index contributed by atoms with van der Waals surface area (Å²) in [5.74, 6) is 0.172. The van der Waals surface area contributed by atoms with Gasteiger partial charge in [0.05, 0.1) is 17.6 Å². The zero-order valence-corrected chi connectivity index (χ0v) is 15.1. The molecule has 0 amide bonds. The molecule has 2 heterocycles. The molecule has 25 heavy (non-hydrogen) atoms. The van der Waals surface area contributed by atoms with E-state index in [1.807, 2.05) is 45.9 Å². The van der Waals surface area contributed by atoms with E-state index in [2.05, 4.69) is 23.3 Å². The first-order valence-electron chi connectivity index (χ1n) is 8.51. The first kappa shape index (κ1) is 17.4. The Labute approximate surface area is 152 Å². The average Bonchev–Trinajstić information content (AvgIpc) is 3.07. The van der Waals surface area contributed by atoms with Crippen LogP contribution in [0.15, 0.2) is 48.8 Å². The molecule has 0 radical (unpaired) electrons. The van der Waals surface area contributed by atoms with E-state index in [1.54, 1.807) is 6.07 Å². The highest BCUT2D eigenvalue weighted by molar-refractivity contribution is 7.71. The number of unbranched alkanes of at least 4 members (excludes halogenated alkanes) is 2. The fourth-order valence-corrected chi connectivity index (χ4v) is 3.04. The van der Waals surface area contributed by atoms with Crippen molar-refractivity contribution in [3.8, 4) is 11.4 Å². The Bertz CT molecular complexity index is 900. The number of nitrogens with zero attached hydrogens (tertiary/aromatic N) is 4. The molecule has 1 N–H and O–H groups in total. The Morgan fingerprint density at radius 3 is 2.76 bits per heavy atom. The smallest absolute Gasteiger partial charge is 0.150 e. The molecule has 0 saturated heterocycles. The number of aromatic hydroxyl groups is 1. The number of pyridine rings is 1. The number of rotatable bonds is 7. The van der Waals surface area contributed by atoms with Gasteiger partial charge in [0.15, 0.2) is 0 Å². The number of hydrogen-bond acceptors (Lipinski definition) is 4. The summed E-state index contributed by atoms with van der Waals surface area (Å²) in [6.45, 7) is 2.90. The van der Waals surface area contributed by atoms with Crippen molar-refractivity contribution in [3.05, 3.63) is 64.7 Å². The lowest BCUT2D eigenvalue weighted by Crippen LogP contribution is -2.00. The molecule has 1 aromatic carbocycles. The van der Waals surface area contributed by atoms with Gasteiger partial charge in [0.25, 0.3) is 0 Å². The molecule has 6 heteroatoms. The third kappa shape index (κ3) is 4.33. The maximum atomic E-state index is 9.62. The lowest BCUT2D eigenvalue weighted by Gasteiger charge is -2.07. The summed E-state index contributed by atoms with van der Waals surface area (Å²) in [5.41, 5.74) is 3.26. The number of para-hydroxylation sites is 1. The van der Waals surface area contributed by atoms with Crippen molar-refractivity contribution in [3.63, 3.8) is 0 Å². The molecule has 0 unspecified atom stereocenters. The van der Waals surface area contributed by atoms with E-state index in [0.29, 0.717) is 4.64 Å². The van der Waals surface area contributed by atoms with E-state index < -0.39 is 0 Å². The minimum absolute atomic E-state index is 0.172. The van der Waals surface area contributed by atoms with Crippen LogP contribution in [0.3, 0.4) is 0 Å². The molecule has 0 saturated carbocycles. The van der Waals surface area contributed by atoms with Crippen molar-refractivity contribution in [1.82, 2.24) is 19.6 Å². The molecule has 0 aliphatic rings. The standard InChI is InChI=1S/C19H22N4OS/c1-15-8-4-5-10-17(15)23-14-16(20-21-23)9-3-2-6-12-22-13-7-11-18(24)19(22)25/h4-5,7-8,10-11,13-14,24H,2-3,6,9,12H2,1H3. The summed E-state index contributed by atoms with van der Waals surface area (Å²) < 4.78 is 4.26. The van der Waals surface area contributed by atoms with Crippen LogP contribution in [0.4, 0.5) is 0 Å². The van der Waals surface area contributed by atoms with Crippen molar-refractivity contribution in [2.75, 3.05) is 0 Å². The van der Waals surface area contributed by atoms with Gasteiger partial charge >= 0.3 is 0 Å². The molecule has 3 rings (SSSR count). The van der Waals surface area contributed by atoms with E-state index in [-0.39, 0.29) is 5.75 Å². The first-order valence-corrected chi connectivity index (χ1v) is 8.91. The Morgan fingerprint density at radius 2 is 1.92 bits per heavy atom. The van der Waals surface area contributed by atoms with Crippen LogP contribution < -0.4 is 0 Å². The van der Waals surface area contributed by atoms with Crippen molar-refractivity contribution >= 4 is 12.2 Å². The number of aryl methyl sites for hydroxylation is 3. The van der Waals surface area contributed by atoms with Crippen LogP contribution in [0.2, 0.25) is 0 Å². The lowest BCUT2D eigenvalue weighted by molar-refractivity contribution is 0.459. The fraction of sp³-hybridized carbons (Fsp3) is 0.316. The van der Waals surface area contributed by atoms with Gasteiger partial charge in [0.1, 0.15) is 10.4 Å². The SMILES string of the molecule is Cc1ccccc1-n1cc(CCCCCn2cccc(O)c2=S)nn1. The molecule has 0 fully saturated rings. The number of aromatic nitrogens is 4. The van der Waals surface area contributed by atoms with Crippen LogP contribution in [-0.4, -0.2) is 24.7 Å². The van der Waals surface area contributed by atoms with Gasteiger partial charge in [-0.25, -0.2) is 4.68 Å². The molecule has 0 bridgehead atoms. The van der Waals surface area contributed by atoms with E-state index >= 15 is 0 Å². The predicted molar refractivity (Wildman–Crippen MR) is 101 cm³/mol. The summed E-state index contributed by atoms with van der Waals surface area (Å²) in [4.78, 5) is 0. The van der Waals surface area contributed by atoms with Crippen LogP contribution >= 0.6 is 12.2 Å². The number of hydrogen-bond donors (Lipinski definition) is 1. The molecule has 0 spiro atoms. The van der Waals surface area contributed by atoms with Crippen molar-refractivity contribution in [1.29, 1.82) is 0 Å². The van der Waals surface area contributed by atoms with Crippen LogP contribution in [0.5, 0.6) is 5.75 Å². The van der Waals surface area contributed by atoms with Gasteiger partial charge in [0, 0.05) is 12.7 Å². The van der Waals surface area contributed by atoms with E-state index in [9.17, 15) is 5.11 Å². The molecule has 3 aromatic rings. The molecule has 130 valence electrons.